The Hall–Kier alpha value is -3.00. The molecule has 0 amide bonds. The second kappa shape index (κ2) is 5.89. The number of para-hydroxylation sites is 1. The Labute approximate surface area is 140 Å². The van der Waals surface area contributed by atoms with Gasteiger partial charge < -0.3 is 15.5 Å². The van der Waals surface area contributed by atoms with Gasteiger partial charge >= 0.3 is 11.9 Å². The summed E-state index contributed by atoms with van der Waals surface area (Å²) in [4.78, 5) is 32.1. The van der Waals surface area contributed by atoms with Crippen molar-refractivity contribution < 1.29 is 19.8 Å². The zero-order valence-electron chi connectivity index (χ0n) is 12.8. The number of hydrogen-bond donors (Lipinski definition) is 3. The van der Waals surface area contributed by atoms with Gasteiger partial charge in [-0.1, -0.05) is 12.1 Å². The molecule has 7 nitrogen and oxygen atoms in total. The largest absolute Gasteiger partial charge is 0.478 e. The van der Waals surface area contributed by atoms with Gasteiger partial charge in [0.05, 0.1) is 16.6 Å². The summed E-state index contributed by atoms with van der Waals surface area (Å²) >= 11 is 1.07. The zero-order chi connectivity index (χ0) is 17.4. The number of hydrogen-bond acceptors (Lipinski definition) is 6. The minimum atomic E-state index is -1.06. The first-order valence-electron chi connectivity index (χ1n) is 6.99. The molecule has 0 atom stereocenters. The summed E-state index contributed by atoms with van der Waals surface area (Å²) in [5, 5.41) is 22.2. The van der Waals surface area contributed by atoms with Crippen LogP contribution in [-0.4, -0.2) is 32.1 Å². The number of rotatable bonds is 4. The number of carbonyl (C=O) groups is 2. The lowest BCUT2D eigenvalue weighted by atomic mass is 10.1. The van der Waals surface area contributed by atoms with E-state index in [9.17, 15) is 19.8 Å². The highest BCUT2D eigenvalue weighted by Gasteiger charge is 2.20. The van der Waals surface area contributed by atoms with E-state index in [0.717, 1.165) is 11.3 Å². The van der Waals surface area contributed by atoms with E-state index < -0.39 is 11.9 Å². The maximum Gasteiger partial charge on any atom is 0.346 e. The fourth-order valence-corrected chi connectivity index (χ4v) is 3.51. The summed E-state index contributed by atoms with van der Waals surface area (Å²) < 4.78 is 0. The summed E-state index contributed by atoms with van der Waals surface area (Å²) in [5.74, 6) is -1.22. The first-order valence-corrected chi connectivity index (χ1v) is 7.80. The summed E-state index contributed by atoms with van der Waals surface area (Å²) in [6.07, 6.45) is 0. The van der Waals surface area contributed by atoms with Crippen LogP contribution in [-0.2, 0) is 0 Å². The first kappa shape index (κ1) is 15.9. The molecule has 0 spiro atoms. The van der Waals surface area contributed by atoms with Crippen molar-refractivity contribution in [3.05, 3.63) is 46.1 Å². The lowest BCUT2D eigenvalue weighted by molar-refractivity contribution is 0.0688. The third-order valence-electron chi connectivity index (χ3n) is 3.51. The molecule has 3 rings (SSSR count). The molecule has 24 heavy (non-hydrogen) atoms. The third-order valence-corrected chi connectivity index (χ3v) is 4.68. The number of aromatic nitrogens is 2. The van der Waals surface area contributed by atoms with Gasteiger partial charge in [0.25, 0.3) is 0 Å². The van der Waals surface area contributed by atoms with Crippen LogP contribution >= 0.6 is 11.3 Å². The van der Waals surface area contributed by atoms with Crippen molar-refractivity contribution >= 4 is 45.0 Å². The number of carboxylic acids is 2. The van der Waals surface area contributed by atoms with Crippen molar-refractivity contribution in [1.82, 2.24) is 9.97 Å². The average molecular weight is 343 g/mol. The summed E-state index contributed by atoms with van der Waals surface area (Å²) in [6.45, 7) is 3.39. The predicted molar refractivity (Wildman–Crippen MR) is 90.5 cm³/mol. The highest BCUT2D eigenvalue weighted by molar-refractivity contribution is 7.20. The third kappa shape index (κ3) is 2.67. The van der Waals surface area contributed by atoms with Gasteiger partial charge in [0.1, 0.15) is 21.3 Å². The maximum absolute atomic E-state index is 11.4. The number of anilines is 2. The van der Waals surface area contributed by atoms with Gasteiger partial charge in [0.2, 0.25) is 0 Å². The molecular weight excluding hydrogens is 330 g/mol. The van der Waals surface area contributed by atoms with Gasteiger partial charge in [-0.15, -0.1) is 11.3 Å². The van der Waals surface area contributed by atoms with E-state index in [1.54, 1.807) is 32.0 Å². The van der Waals surface area contributed by atoms with E-state index in [1.165, 1.54) is 6.07 Å². The van der Waals surface area contributed by atoms with Gasteiger partial charge in [-0.3, -0.25) is 0 Å². The Kier molecular flexibility index (Phi) is 3.90. The molecule has 122 valence electrons. The smallest absolute Gasteiger partial charge is 0.346 e. The topological polar surface area (TPSA) is 112 Å². The number of thiophene rings is 1. The molecule has 3 N–H and O–H groups in total. The normalized spacial score (nSPS) is 10.8. The average Bonchev–Trinajstić information content (AvgIpc) is 2.84. The van der Waals surface area contributed by atoms with Gasteiger partial charge in [-0.25, -0.2) is 19.6 Å². The lowest BCUT2D eigenvalue weighted by Gasteiger charge is -2.10. The van der Waals surface area contributed by atoms with Crippen LogP contribution in [0.2, 0.25) is 0 Å². The van der Waals surface area contributed by atoms with Crippen molar-refractivity contribution in [2.75, 3.05) is 5.32 Å². The quantitative estimate of drug-likeness (QED) is 0.665. The maximum atomic E-state index is 11.4. The SMILES string of the molecule is Cc1nc(Nc2ccccc2C(=O)O)c2c(C)c(C(=O)O)sc2n1. The van der Waals surface area contributed by atoms with Crippen molar-refractivity contribution in [2.24, 2.45) is 0 Å². The molecule has 0 unspecified atom stereocenters. The Morgan fingerprint density at radius 1 is 1.08 bits per heavy atom. The molecule has 0 aliphatic rings. The van der Waals surface area contributed by atoms with Crippen molar-refractivity contribution in [1.29, 1.82) is 0 Å². The molecule has 0 aliphatic heterocycles. The van der Waals surface area contributed by atoms with Crippen molar-refractivity contribution in [3.8, 4) is 0 Å². The van der Waals surface area contributed by atoms with Crippen LogP contribution in [0.4, 0.5) is 11.5 Å². The molecule has 8 heteroatoms. The van der Waals surface area contributed by atoms with Gasteiger partial charge in [-0.2, -0.15) is 0 Å². The minimum absolute atomic E-state index is 0.105. The van der Waals surface area contributed by atoms with E-state index in [0.29, 0.717) is 33.1 Å². The number of aromatic carboxylic acids is 2. The molecule has 1 aromatic carbocycles. The van der Waals surface area contributed by atoms with Crippen LogP contribution in [0.5, 0.6) is 0 Å². The molecular formula is C16H13N3O4S. The van der Waals surface area contributed by atoms with Gasteiger partial charge in [0, 0.05) is 0 Å². The number of aryl methyl sites for hydroxylation is 2. The van der Waals surface area contributed by atoms with Crippen LogP contribution in [0.3, 0.4) is 0 Å². The van der Waals surface area contributed by atoms with E-state index in [-0.39, 0.29) is 10.4 Å². The van der Waals surface area contributed by atoms with Crippen molar-refractivity contribution in [3.63, 3.8) is 0 Å². The molecule has 0 aliphatic carbocycles. The summed E-state index contributed by atoms with van der Waals surface area (Å²) in [7, 11) is 0. The van der Waals surface area contributed by atoms with E-state index in [2.05, 4.69) is 15.3 Å². The number of nitrogens with one attached hydrogen (secondary N) is 1. The molecule has 2 aromatic heterocycles. The number of fused-ring (bicyclic) bond motifs is 1. The lowest BCUT2D eigenvalue weighted by Crippen LogP contribution is -2.05. The van der Waals surface area contributed by atoms with Crippen molar-refractivity contribution in [2.45, 2.75) is 13.8 Å². The first-order chi connectivity index (χ1) is 11.4. The Balaban J connectivity index is 2.20. The van der Waals surface area contributed by atoms with E-state index >= 15 is 0 Å². The Bertz CT molecular complexity index is 981. The van der Waals surface area contributed by atoms with Gasteiger partial charge in [-0.05, 0) is 31.5 Å². The van der Waals surface area contributed by atoms with Crippen LogP contribution in [0, 0.1) is 13.8 Å². The molecule has 0 saturated heterocycles. The highest BCUT2D eigenvalue weighted by Crippen LogP contribution is 2.35. The van der Waals surface area contributed by atoms with E-state index in [4.69, 9.17) is 0 Å². The van der Waals surface area contributed by atoms with E-state index in [1.807, 2.05) is 0 Å². The Morgan fingerprint density at radius 3 is 2.46 bits per heavy atom. The highest BCUT2D eigenvalue weighted by atomic mass is 32.1. The predicted octanol–water partition coefficient (Wildman–Crippen LogP) is 3.45. The standard InChI is InChI=1S/C16H13N3O4S/c1-7-11-13(19-10-6-4-3-5-9(10)15(20)21)17-8(2)18-14(11)24-12(7)16(22)23/h3-6H,1-2H3,(H,20,21)(H,22,23)(H,17,18,19). The summed E-state index contributed by atoms with van der Waals surface area (Å²) in [6, 6.07) is 6.46. The Morgan fingerprint density at radius 2 is 1.79 bits per heavy atom. The van der Waals surface area contributed by atoms with Crippen LogP contribution in [0.1, 0.15) is 31.4 Å². The number of carboxylic acid groups (broad SMARTS) is 2. The molecule has 0 radical (unpaired) electrons. The molecule has 2 heterocycles. The molecule has 0 bridgehead atoms. The molecule has 0 fully saturated rings. The van der Waals surface area contributed by atoms with Crippen LogP contribution < -0.4 is 5.32 Å². The monoisotopic (exact) mass is 343 g/mol. The minimum Gasteiger partial charge on any atom is -0.478 e. The zero-order valence-corrected chi connectivity index (χ0v) is 13.6. The fraction of sp³-hybridized carbons (Fsp3) is 0.125. The molecule has 0 saturated carbocycles. The summed E-state index contributed by atoms with van der Waals surface area (Å²) in [5.41, 5.74) is 1.04. The van der Waals surface area contributed by atoms with Gasteiger partial charge in [0.15, 0.2) is 0 Å². The van der Waals surface area contributed by atoms with Crippen LogP contribution in [0.25, 0.3) is 10.2 Å². The second-order valence-electron chi connectivity index (χ2n) is 5.14. The number of nitrogens with zero attached hydrogens (tertiary/aromatic N) is 2. The number of benzene rings is 1. The molecule has 3 aromatic rings. The van der Waals surface area contributed by atoms with Crippen LogP contribution in [0.15, 0.2) is 24.3 Å². The second-order valence-corrected chi connectivity index (χ2v) is 6.14. The fourth-order valence-electron chi connectivity index (χ4n) is 2.45.